The number of nitrogens with zero attached hydrogens (tertiary/aromatic N) is 1. The SMILES string of the molecule is Cc1cc(Br)c(F)cc1NCc1cc(Br)cc([N+](=O)[O-])c1. The van der Waals surface area contributed by atoms with Crippen LogP contribution >= 0.6 is 31.9 Å². The summed E-state index contributed by atoms with van der Waals surface area (Å²) in [5.74, 6) is -0.358. The number of hydrogen-bond acceptors (Lipinski definition) is 3. The van der Waals surface area contributed by atoms with Crippen LogP contribution in [0, 0.1) is 22.9 Å². The molecule has 0 aliphatic rings. The second kappa shape index (κ2) is 6.53. The smallest absolute Gasteiger partial charge is 0.270 e. The van der Waals surface area contributed by atoms with Gasteiger partial charge in [-0.15, -0.1) is 0 Å². The second-order valence-electron chi connectivity index (χ2n) is 4.51. The molecule has 0 atom stereocenters. The van der Waals surface area contributed by atoms with Crippen LogP contribution in [0.4, 0.5) is 15.8 Å². The van der Waals surface area contributed by atoms with Gasteiger partial charge in [0.1, 0.15) is 5.82 Å². The van der Waals surface area contributed by atoms with Crippen molar-refractivity contribution in [1.82, 2.24) is 0 Å². The van der Waals surface area contributed by atoms with Crippen LogP contribution in [0.25, 0.3) is 0 Å². The molecule has 1 N–H and O–H groups in total. The van der Waals surface area contributed by atoms with Crippen molar-refractivity contribution in [1.29, 1.82) is 0 Å². The number of nitro benzene ring substituents is 1. The molecule has 2 aromatic rings. The topological polar surface area (TPSA) is 55.2 Å². The highest BCUT2D eigenvalue weighted by Crippen LogP contribution is 2.26. The third-order valence-electron chi connectivity index (χ3n) is 2.90. The minimum atomic E-state index is -0.446. The summed E-state index contributed by atoms with van der Waals surface area (Å²) in [6.07, 6.45) is 0. The quantitative estimate of drug-likeness (QED) is 0.550. The van der Waals surface area contributed by atoms with E-state index in [2.05, 4.69) is 37.2 Å². The minimum absolute atomic E-state index is 0.0138. The summed E-state index contributed by atoms with van der Waals surface area (Å²) in [5.41, 5.74) is 2.28. The lowest BCUT2D eigenvalue weighted by Gasteiger charge is -2.11. The highest BCUT2D eigenvalue weighted by molar-refractivity contribution is 9.10. The summed E-state index contributed by atoms with van der Waals surface area (Å²) in [5, 5.41) is 13.9. The van der Waals surface area contributed by atoms with E-state index in [-0.39, 0.29) is 11.5 Å². The highest BCUT2D eigenvalue weighted by Gasteiger charge is 2.10. The first-order valence-electron chi connectivity index (χ1n) is 6.00. The van der Waals surface area contributed by atoms with E-state index in [9.17, 15) is 14.5 Å². The Labute approximate surface area is 137 Å². The number of nitrogens with one attached hydrogen (secondary N) is 1. The van der Waals surface area contributed by atoms with Gasteiger partial charge in [-0.2, -0.15) is 0 Å². The van der Waals surface area contributed by atoms with E-state index in [1.54, 1.807) is 12.1 Å². The molecule has 0 spiro atoms. The lowest BCUT2D eigenvalue weighted by atomic mass is 10.1. The van der Waals surface area contributed by atoms with Gasteiger partial charge in [-0.1, -0.05) is 15.9 Å². The molecule has 4 nitrogen and oxygen atoms in total. The van der Waals surface area contributed by atoms with Crippen LogP contribution in [-0.2, 0) is 6.54 Å². The Hall–Kier alpha value is -1.47. The molecule has 0 aromatic heterocycles. The van der Waals surface area contributed by atoms with Crippen molar-refractivity contribution < 1.29 is 9.31 Å². The Bertz CT molecular complexity index is 708. The number of nitro groups is 1. The van der Waals surface area contributed by atoms with Gasteiger partial charge in [-0.3, -0.25) is 10.1 Å². The predicted octanol–water partition coefficient (Wildman–Crippen LogP) is 5.18. The fourth-order valence-corrected chi connectivity index (χ4v) is 2.86. The maximum atomic E-state index is 13.5. The molecule has 0 radical (unpaired) electrons. The maximum Gasteiger partial charge on any atom is 0.270 e. The highest BCUT2D eigenvalue weighted by atomic mass is 79.9. The van der Waals surface area contributed by atoms with Crippen LogP contribution in [0.15, 0.2) is 39.3 Å². The standard InChI is InChI=1S/C14H11Br2FN2O2/c1-8-2-12(16)13(17)6-14(8)18-7-9-3-10(15)5-11(4-9)19(20)21/h2-6,18H,7H2,1H3. The normalized spacial score (nSPS) is 10.5. The predicted molar refractivity (Wildman–Crippen MR) is 87.0 cm³/mol. The number of non-ortho nitro benzene ring substituents is 1. The third kappa shape index (κ3) is 4.01. The van der Waals surface area contributed by atoms with Crippen LogP contribution in [0.2, 0.25) is 0 Å². The van der Waals surface area contributed by atoms with Gasteiger partial charge in [0.05, 0.1) is 9.40 Å². The molecule has 110 valence electrons. The largest absolute Gasteiger partial charge is 0.381 e. The average Bonchev–Trinajstić information content (AvgIpc) is 2.40. The molecule has 0 aliphatic heterocycles. The van der Waals surface area contributed by atoms with Gasteiger partial charge < -0.3 is 5.32 Å². The van der Waals surface area contributed by atoms with Gasteiger partial charge in [0.15, 0.2) is 0 Å². The van der Waals surface area contributed by atoms with Crippen molar-refractivity contribution in [2.75, 3.05) is 5.32 Å². The summed E-state index contributed by atoms with van der Waals surface area (Å²) >= 11 is 6.37. The van der Waals surface area contributed by atoms with Gasteiger partial charge >= 0.3 is 0 Å². The minimum Gasteiger partial charge on any atom is -0.381 e. The van der Waals surface area contributed by atoms with E-state index < -0.39 is 4.92 Å². The maximum absolute atomic E-state index is 13.5. The zero-order valence-corrected chi connectivity index (χ0v) is 14.2. The van der Waals surface area contributed by atoms with Crippen molar-refractivity contribution >= 4 is 43.2 Å². The molecule has 7 heteroatoms. The van der Waals surface area contributed by atoms with E-state index in [0.717, 1.165) is 11.1 Å². The van der Waals surface area contributed by atoms with Crippen LogP contribution < -0.4 is 5.32 Å². The molecule has 0 aliphatic carbocycles. The van der Waals surface area contributed by atoms with Gasteiger partial charge in [-0.25, -0.2) is 4.39 Å². The van der Waals surface area contributed by atoms with Gasteiger partial charge in [0.25, 0.3) is 5.69 Å². The number of rotatable bonds is 4. The number of aryl methyl sites for hydroxylation is 1. The van der Waals surface area contributed by atoms with Crippen LogP contribution in [-0.4, -0.2) is 4.92 Å². The molecule has 0 heterocycles. The first-order chi connectivity index (χ1) is 9.86. The van der Waals surface area contributed by atoms with E-state index in [1.807, 2.05) is 6.92 Å². The fourth-order valence-electron chi connectivity index (χ4n) is 1.87. The number of hydrogen-bond donors (Lipinski definition) is 1. The van der Waals surface area contributed by atoms with Crippen LogP contribution in [0.1, 0.15) is 11.1 Å². The molecule has 0 unspecified atom stereocenters. The lowest BCUT2D eigenvalue weighted by molar-refractivity contribution is -0.385. The zero-order chi connectivity index (χ0) is 15.6. The Morgan fingerprint density at radius 1 is 1.24 bits per heavy atom. The number of halogens is 3. The van der Waals surface area contributed by atoms with E-state index >= 15 is 0 Å². The summed E-state index contributed by atoms with van der Waals surface area (Å²) in [4.78, 5) is 10.4. The molecule has 0 saturated carbocycles. The van der Waals surface area contributed by atoms with Crippen molar-refractivity contribution in [2.45, 2.75) is 13.5 Å². The zero-order valence-electron chi connectivity index (χ0n) is 11.0. The Morgan fingerprint density at radius 2 is 1.95 bits per heavy atom. The van der Waals surface area contributed by atoms with Crippen molar-refractivity contribution in [3.8, 4) is 0 Å². The van der Waals surface area contributed by atoms with Crippen molar-refractivity contribution in [3.63, 3.8) is 0 Å². The number of benzene rings is 2. The summed E-state index contributed by atoms with van der Waals surface area (Å²) in [6.45, 7) is 2.22. The van der Waals surface area contributed by atoms with Gasteiger partial charge in [-0.05, 0) is 52.2 Å². The molecule has 21 heavy (non-hydrogen) atoms. The second-order valence-corrected chi connectivity index (χ2v) is 6.28. The van der Waals surface area contributed by atoms with Crippen LogP contribution in [0.5, 0.6) is 0 Å². The molecular formula is C14H11Br2FN2O2. The van der Waals surface area contributed by atoms with Crippen LogP contribution in [0.3, 0.4) is 0 Å². The first-order valence-corrected chi connectivity index (χ1v) is 7.59. The molecule has 0 bridgehead atoms. The monoisotopic (exact) mass is 416 g/mol. The molecule has 0 amide bonds. The molecule has 2 aromatic carbocycles. The molecule has 0 fully saturated rings. The Balaban J connectivity index is 2.20. The van der Waals surface area contributed by atoms with Crippen molar-refractivity contribution in [2.24, 2.45) is 0 Å². The Morgan fingerprint density at radius 3 is 2.62 bits per heavy atom. The molecule has 0 saturated heterocycles. The number of anilines is 1. The summed E-state index contributed by atoms with van der Waals surface area (Å²) in [6, 6.07) is 7.79. The summed E-state index contributed by atoms with van der Waals surface area (Å²) in [7, 11) is 0. The van der Waals surface area contributed by atoms with Gasteiger partial charge in [0, 0.05) is 28.8 Å². The lowest BCUT2D eigenvalue weighted by Crippen LogP contribution is -2.02. The molecule has 2 rings (SSSR count). The first kappa shape index (κ1) is 15.9. The van der Waals surface area contributed by atoms with Crippen molar-refractivity contribution in [3.05, 3.63) is 66.3 Å². The summed E-state index contributed by atoms with van der Waals surface area (Å²) < 4.78 is 14.6. The average molecular weight is 418 g/mol. The van der Waals surface area contributed by atoms with E-state index in [1.165, 1.54) is 18.2 Å². The molecular weight excluding hydrogens is 407 g/mol. The van der Waals surface area contributed by atoms with E-state index in [4.69, 9.17) is 0 Å². The van der Waals surface area contributed by atoms with Gasteiger partial charge in [0.2, 0.25) is 0 Å². The van der Waals surface area contributed by atoms with E-state index in [0.29, 0.717) is 21.2 Å². The Kier molecular flexibility index (Phi) is 4.95. The third-order valence-corrected chi connectivity index (χ3v) is 3.97. The fraction of sp³-hybridized carbons (Fsp3) is 0.143.